The maximum Gasteiger partial charge on any atom is 0.226 e. The van der Waals surface area contributed by atoms with E-state index in [4.69, 9.17) is 10.5 Å². The Balaban J connectivity index is 1.92. The van der Waals surface area contributed by atoms with Crippen LogP contribution < -0.4 is 20.7 Å². The first kappa shape index (κ1) is 15.1. The highest BCUT2D eigenvalue weighted by molar-refractivity contribution is 5.73. The Morgan fingerprint density at radius 3 is 2.78 bits per heavy atom. The Morgan fingerprint density at radius 2 is 2.09 bits per heavy atom. The fourth-order valence-corrected chi connectivity index (χ4v) is 2.53. The molecular weight excluding hydrogens is 290 g/mol. The van der Waals surface area contributed by atoms with Crippen molar-refractivity contribution >= 4 is 17.3 Å². The third-order valence-corrected chi connectivity index (χ3v) is 3.73. The van der Waals surface area contributed by atoms with Crippen LogP contribution in [0.15, 0.2) is 42.4 Å². The highest BCUT2D eigenvalue weighted by Gasteiger charge is 2.21. The maximum atomic E-state index is 6.25. The summed E-state index contributed by atoms with van der Waals surface area (Å²) in [6.45, 7) is 7.13. The van der Waals surface area contributed by atoms with Gasteiger partial charge < -0.3 is 20.7 Å². The van der Waals surface area contributed by atoms with Gasteiger partial charge in [0, 0.05) is 18.8 Å². The number of hydrogen-bond acceptors (Lipinski definition) is 6. The maximum absolute atomic E-state index is 6.25. The number of nitrogens with zero attached hydrogens (tertiary/aromatic N) is 3. The molecule has 0 aliphatic carbocycles. The standard InChI is InChI=1S/C17H21N5O/c1-4-22(11(2)3)17-19-10-9-13(21-17)15(18)16-20-12-7-5-6-8-14(12)23-16/h5-11,20H,4,18H2,1-3H3/b16-15+. The fraction of sp³-hybridized carbons (Fsp3) is 0.294. The van der Waals surface area contributed by atoms with Gasteiger partial charge in [-0.1, -0.05) is 12.1 Å². The minimum Gasteiger partial charge on any atom is -0.437 e. The molecule has 0 fully saturated rings. The Labute approximate surface area is 136 Å². The van der Waals surface area contributed by atoms with Crippen LogP contribution in [0, 0.1) is 0 Å². The summed E-state index contributed by atoms with van der Waals surface area (Å²) in [5.74, 6) is 1.93. The Bertz CT molecular complexity index is 714. The molecule has 0 amide bonds. The molecule has 0 spiro atoms. The van der Waals surface area contributed by atoms with E-state index in [9.17, 15) is 0 Å². The quantitative estimate of drug-likeness (QED) is 0.904. The molecule has 0 radical (unpaired) electrons. The van der Waals surface area contributed by atoms with Gasteiger partial charge >= 0.3 is 0 Å². The van der Waals surface area contributed by atoms with E-state index in [1.165, 1.54) is 0 Å². The fourth-order valence-electron chi connectivity index (χ4n) is 2.53. The van der Waals surface area contributed by atoms with Crippen molar-refractivity contribution in [2.75, 3.05) is 16.8 Å². The number of hydrogen-bond donors (Lipinski definition) is 2. The van der Waals surface area contributed by atoms with Gasteiger partial charge in [-0.3, -0.25) is 0 Å². The molecule has 120 valence electrons. The molecule has 3 rings (SSSR count). The number of nitrogens with one attached hydrogen (secondary N) is 1. The lowest BCUT2D eigenvalue weighted by Gasteiger charge is -2.25. The molecule has 1 aromatic carbocycles. The molecule has 0 unspecified atom stereocenters. The average Bonchev–Trinajstić information content (AvgIpc) is 2.99. The lowest BCUT2D eigenvalue weighted by atomic mass is 10.3. The first-order valence-electron chi connectivity index (χ1n) is 7.74. The van der Waals surface area contributed by atoms with Crippen LogP contribution in [-0.4, -0.2) is 22.6 Å². The second kappa shape index (κ2) is 6.16. The highest BCUT2D eigenvalue weighted by Crippen LogP contribution is 2.34. The number of anilines is 2. The highest BCUT2D eigenvalue weighted by atomic mass is 16.5. The lowest BCUT2D eigenvalue weighted by molar-refractivity contribution is 0.458. The van der Waals surface area contributed by atoms with Crippen LogP contribution in [0.4, 0.5) is 11.6 Å². The van der Waals surface area contributed by atoms with E-state index in [1.54, 1.807) is 12.3 Å². The number of nitrogens with two attached hydrogens (primary N) is 1. The first-order valence-corrected chi connectivity index (χ1v) is 7.74. The van der Waals surface area contributed by atoms with Crippen LogP contribution in [0.1, 0.15) is 26.5 Å². The summed E-state index contributed by atoms with van der Waals surface area (Å²) < 4.78 is 5.77. The number of aromatic nitrogens is 2. The zero-order chi connectivity index (χ0) is 16.4. The van der Waals surface area contributed by atoms with Crippen LogP contribution in [0.5, 0.6) is 5.75 Å². The van der Waals surface area contributed by atoms with Crippen LogP contribution in [0.25, 0.3) is 5.70 Å². The molecule has 0 saturated carbocycles. The molecule has 0 atom stereocenters. The number of rotatable bonds is 4. The van der Waals surface area contributed by atoms with E-state index in [-0.39, 0.29) is 0 Å². The first-order chi connectivity index (χ1) is 11.1. The van der Waals surface area contributed by atoms with E-state index in [2.05, 4.69) is 41.0 Å². The molecule has 1 aromatic heterocycles. The minimum absolute atomic E-state index is 0.314. The number of fused-ring (bicyclic) bond motifs is 1. The molecule has 2 heterocycles. The van der Waals surface area contributed by atoms with Crippen molar-refractivity contribution in [3.8, 4) is 5.75 Å². The molecule has 3 N–H and O–H groups in total. The van der Waals surface area contributed by atoms with Crippen LogP contribution in [-0.2, 0) is 0 Å². The van der Waals surface area contributed by atoms with Crippen molar-refractivity contribution < 1.29 is 4.74 Å². The van der Waals surface area contributed by atoms with Crippen molar-refractivity contribution in [2.24, 2.45) is 5.73 Å². The predicted molar refractivity (Wildman–Crippen MR) is 92.0 cm³/mol. The number of benzene rings is 1. The predicted octanol–water partition coefficient (Wildman–Crippen LogP) is 2.80. The van der Waals surface area contributed by atoms with Crippen molar-refractivity contribution in [3.63, 3.8) is 0 Å². The van der Waals surface area contributed by atoms with E-state index in [1.807, 2.05) is 24.3 Å². The summed E-state index contributed by atoms with van der Waals surface area (Å²) in [7, 11) is 0. The van der Waals surface area contributed by atoms with Gasteiger partial charge in [-0.25, -0.2) is 9.97 Å². The molecule has 23 heavy (non-hydrogen) atoms. The molecule has 0 bridgehead atoms. The molecule has 6 nitrogen and oxygen atoms in total. The largest absolute Gasteiger partial charge is 0.437 e. The Morgan fingerprint density at radius 1 is 1.30 bits per heavy atom. The van der Waals surface area contributed by atoms with Gasteiger partial charge in [0.2, 0.25) is 11.8 Å². The van der Waals surface area contributed by atoms with Gasteiger partial charge in [-0.2, -0.15) is 0 Å². The molecule has 1 aliphatic heterocycles. The summed E-state index contributed by atoms with van der Waals surface area (Å²) in [5, 5.41) is 3.18. The monoisotopic (exact) mass is 311 g/mol. The molecule has 6 heteroatoms. The average molecular weight is 311 g/mol. The van der Waals surface area contributed by atoms with Crippen LogP contribution >= 0.6 is 0 Å². The van der Waals surface area contributed by atoms with Gasteiger partial charge in [0.05, 0.1) is 11.4 Å². The smallest absolute Gasteiger partial charge is 0.226 e. The minimum atomic E-state index is 0.314. The second-order valence-electron chi connectivity index (χ2n) is 5.59. The molecular formula is C17H21N5O. The van der Waals surface area contributed by atoms with Crippen molar-refractivity contribution in [2.45, 2.75) is 26.8 Å². The zero-order valence-corrected chi connectivity index (χ0v) is 13.6. The summed E-state index contributed by atoms with van der Waals surface area (Å²) in [4.78, 5) is 11.1. The van der Waals surface area contributed by atoms with Crippen molar-refractivity contribution in [1.82, 2.24) is 9.97 Å². The lowest BCUT2D eigenvalue weighted by Crippen LogP contribution is -2.32. The summed E-state index contributed by atoms with van der Waals surface area (Å²) >= 11 is 0. The van der Waals surface area contributed by atoms with Crippen LogP contribution in [0.3, 0.4) is 0 Å². The van der Waals surface area contributed by atoms with E-state index < -0.39 is 0 Å². The SMILES string of the molecule is CCN(c1nccc(/C(N)=C2/Nc3ccccc3O2)n1)C(C)C. The number of ether oxygens (including phenoxy) is 1. The van der Waals surface area contributed by atoms with E-state index >= 15 is 0 Å². The molecule has 0 saturated heterocycles. The molecule has 2 aromatic rings. The third kappa shape index (κ3) is 2.92. The van der Waals surface area contributed by atoms with Crippen molar-refractivity contribution in [1.29, 1.82) is 0 Å². The van der Waals surface area contributed by atoms with E-state index in [0.717, 1.165) is 18.0 Å². The summed E-state index contributed by atoms with van der Waals surface area (Å²) in [5.41, 5.74) is 8.26. The Kier molecular flexibility index (Phi) is 4.06. The third-order valence-electron chi connectivity index (χ3n) is 3.73. The normalized spacial score (nSPS) is 15.0. The topological polar surface area (TPSA) is 76.3 Å². The van der Waals surface area contributed by atoms with Gasteiger partial charge in [0.1, 0.15) is 5.70 Å². The van der Waals surface area contributed by atoms with Gasteiger partial charge in [0.15, 0.2) is 5.75 Å². The number of para-hydroxylation sites is 2. The van der Waals surface area contributed by atoms with Gasteiger partial charge in [0.25, 0.3) is 0 Å². The van der Waals surface area contributed by atoms with E-state index in [0.29, 0.717) is 29.3 Å². The van der Waals surface area contributed by atoms with Gasteiger partial charge in [-0.15, -0.1) is 0 Å². The second-order valence-corrected chi connectivity index (χ2v) is 5.59. The molecule has 1 aliphatic rings. The van der Waals surface area contributed by atoms with Gasteiger partial charge in [-0.05, 0) is 39.0 Å². The summed E-state index contributed by atoms with van der Waals surface area (Å²) in [6, 6.07) is 9.80. The summed E-state index contributed by atoms with van der Waals surface area (Å²) in [6.07, 6.45) is 1.72. The van der Waals surface area contributed by atoms with Crippen LogP contribution in [0.2, 0.25) is 0 Å². The zero-order valence-electron chi connectivity index (χ0n) is 13.6. The van der Waals surface area contributed by atoms with Crippen molar-refractivity contribution in [3.05, 3.63) is 48.1 Å². The Hall–Kier alpha value is -2.76.